The van der Waals surface area contributed by atoms with Crippen molar-refractivity contribution in [1.82, 2.24) is 19.8 Å². The van der Waals surface area contributed by atoms with E-state index in [1.165, 1.54) is 0 Å². The molecular weight excluding hydrogens is 486 g/mol. The average molecular weight is 524 g/mol. The zero-order chi connectivity index (χ0) is 28.2. The van der Waals surface area contributed by atoms with Gasteiger partial charge in [0, 0.05) is 45.1 Å². The summed E-state index contributed by atoms with van der Waals surface area (Å²) in [5, 5.41) is 33.8. The molecule has 13 heteroatoms. The van der Waals surface area contributed by atoms with Gasteiger partial charge >= 0.3 is 17.9 Å². The highest BCUT2D eigenvalue weighted by atomic mass is 16.4. The fourth-order valence-electron chi connectivity index (χ4n) is 3.25. The van der Waals surface area contributed by atoms with E-state index in [2.05, 4.69) is 39.9 Å². The van der Waals surface area contributed by atoms with Gasteiger partial charge in [0.25, 0.3) is 0 Å². The van der Waals surface area contributed by atoms with Crippen molar-refractivity contribution in [2.24, 2.45) is 0 Å². The maximum Gasteiger partial charge on any atom is 0.336 e. The average Bonchev–Trinajstić information content (AvgIpc) is 3.17. The lowest BCUT2D eigenvalue weighted by atomic mass is 9.96. The van der Waals surface area contributed by atoms with Crippen LogP contribution in [0, 0.1) is 6.92 Å². The molecule has 13 nitrogen and oxygen atoms in total. The first kappa shape index (κ1) is 31.5. The van der Waals surface area contributed by atoms with Crippen LogP contribution in [0.2, 0.25) is 0 Å². The zero-order valence-corrected chi connectivity index (χ0v) is 21.9. The molecule has 0 aliphatic rings. The van der Waals surface area contributed by atoms with Crippen LogP contribution in [0.15, 0.2) is 28.9 Å². The summed E-state index contributed by atoms with van der Waals surface area (Å²) in [6.07, 6.45) is 2.65. The Morgan fingerprint density at radius 2 is 1.49 bits per heavy atom. The summed E-state index contributed by atoms with van der Waals surface area (Å²) < 4.78 is 5.74. The van der Waals surface area contributed by atoms with Crippen LogP contribution in [0.1, 0.15) is 36.3 Å². The van der Waals surface area contributed by atoms with Gasteiger partial charge in [-0.05, 0) is 46.1 Å². The van der Waals surface area contributed by atoms with Crippen LogP contribution in [-0.4, -0.2) is 105 Å². The molecule has 0 fully saturated rings. The molecule has 0 unspecified atom stereocenters. The molecular formula is C24H37N5O8. The maximum absolute atomic E-state index is 10.3. The van der Waals surface area contributed by atoms with E-state index in [0.717, 1.165) is 55.6 Å². The number of aliphatic carboxylic acids is 3. The molecule has 2 aromatic heterocycles. The van der Waals surface area contributed by atoms with E-state index >= 15 is 0 Å². The van der Waals surface area contributed by atoms with Crippen molar-refractivity contribution in [2.75, 3.05) is 46.2 Å². The molecule has 0 bridgehead atoms. The van der Waals surface area contributed by atoms with E-state index in [4.69, 9.17) is 24.8 Å². The summed E-state index contributed by atoms with van der Waals surface area (Å²) >= 11 is 0. The summed E-state index contributed by atoms with van der Waals surface area (Å²) in [7, 11) is 8.10. The quantitative estimate of drug-likeness (QED) is 0.277. The summed E-state index contributed by atoms with van der Waals surface area (Å²) in [5.74, 6) is -2.32. The minimum atomic E-state index is -2.74. The lowest BCUT2D eigenvalue weighted by Crippen LogP contribution is -2.42. The molecule has 2 heterocycles. The Morgan fingerprint density at radius 3 is 1.89 bits per heavy atom. The number of aromatic nitrogens is 2. The number of hydrogen-bond donors (Lipinski definition) is 4. The van der Waals surface area contributed by atoms with Crippen molar-refractivity contribution in [1.29, 1.82) is 0 Å². The number of nitrogens with zero attached hydrogens (tertiary/aromatic N) is 5. The minimum absolute atomic E-state index is 0.736. The molecule has 4 N–H and O–H groups in total. The van der Waals surface area contributed by atoms with Crippen molar-refractivity contribution in [3.8, 4) is 0 Å². The van der Waals surface area contributed by atoms with Gasteiger partial charge in [-0.15, -0.1) is 0 Å². The highest BCUT2D eigenvalue weighted by molar-refractivity contribution is 5.88. The summed E-state index contributed by atoms with van der Waals surface area (Å²) in [6, 6.07) is 4.07. The van der Waals surface area contributed by atoms with Gasteiger partial charge in [0.1, 0.15) is 11.5 Å². The predicted molar refractivity (Wildman–Crippen MR) is 134 cm³/mol. The largest absolute Gasteiger partial charge is 0.481 e. The molecule has 0 amide bonds. The molecule has 0 saturated carbocycles. The third-order valence-corrected chi connectivity index (χ3v) is 5.04. The Balaban J connectivity index is 0.000000448. The number of carbonyl (C=O) groups is 3. The van der Waals surface area contributed by atoms with Gasteiger partial charge < -0.3 is 34.6 Å². The first-order chi connectivity index (χ1) is 17.2. The number of aryl methyl sites for hydroxylation is 1. The second-order valence-corrected chi connectivity index (χ2v) is 9.14. The Morgan fingerprint density at radius 1 is 0.919 bits per heavy atom. The van der Waals surface area contributed by atoms with Crippen LogP contribution < -0.4 is 4.90 Å². The van der Waals surface area contributed by atoms with E-state index in [0.29, 0.717) is 0 Å². The topological polar surface area (TPSA) is 181 Å². The van der Waals surface area contributed by atoms with Crippen molar-refractivity contribution in [2.45, 2.75) is 44.9 Å². The van der Waals surface area contributed by atoms with Gasteiger partial charge in [-0.25, -0.2) is 14.8 Å². The van der Waals surface area contributed by atoms with Gasteiger partial charge in [-0.1, -0.05) is 0 Å². The van der Waals surface area contributed by atoms with Gasteiger partial charge in [0.15, 0.2) is 5.60 Å². The molecule has 0 atom stereocenters. The highest BCUT2D eigenvalue weighted by Crippen LogP contribution is 2.16. The molecule has 206 valence electrons. The van der Waals surface area contributed by atoms with E-state index in [1.54, 1.807) is 0 Å². The van der Waals surface area contributed by atoms with E-state index in [9.17, 15) is 14.4 Å². The molecule has 0 radical (unpaired) electrons. The van der Waals surface area contributed by atoms with Crippen LogP contribution in [0.3, 0.4) is 0 Å². The Labute approximate surface area is 216 Å². The fraction of sp³-hybridized carbons (Fsp3) is 0.542. The lowest BCUT2D eigenvalue weighted by Gasteiger charge is -2.22. The monoisotopic (exact) mass is 523 g/mol. The molecule has 0 saturated heterocycles. The smallest absolute Gasteiger partial charge is 0.336 e. The minimum Gasteiger partial charge on any atom is -0.481 e. The fourth-order valence-corrected chi connectivity index (χ4v) is 3.25. The number of carboxylic acids is 3. The molecule has 0 aromatic carbocycles. The predicted octanol–water partition coefficient (Wildman–Crippen LogP) is 1.15. The van der Waals surface area contributed by atoms with Crippen molar-refractivity contribution in [3.05, 3.63) is 41.6 Å². The maximum atomic E-state index is 10.3. The molecule has 0 aliphatic carbocycles. The number of aliphatic hydroxyl groups is 1. The van der Waals surface area contributed by atoms with E-state index in [-0.39, 0.29) is 0 Å². The summed E-state index contributed by atoms with van der Waals surface area (Å²) in [6.45, 7) is 5.68. The Bertz CT molecular complexity index is 991. The van der Waals surface area contributed by atoms with Crippen molar-refractivity contribution >= 4 is 23.9 Å². The number of anilines is 1. The summed E-state index contributed by atoms with van der Waals surface area (Å²) in [5.41, 5.74) is -1.62. The normalized spacial score (nSPS) is 11.2. The van der Waals surface area contributed by atoms with E-state index < -0.39 is 36.4 Å². The van der Waals surface area contributed by atoms with Crippen LogP contribution >= 0.6 is 0 Å². The third-order valence-electron chi connectivity index (χ3n) is 5.04. The first-order valence-electron chi connectivity index (χ1n) is 11.5. The molecule has 0 aliphatic heterocycles. The zero-order valence-electron chi connectivity index (χ0n) is 21.9. The molecule has 0 spiro atoms. The third kappa shape index (κ3) is 12.3. The van der Waals surface area contributed by atoms with Gasteiger partial charge in [-0.3, -0.25) is 14.5 Å². The van der Waals surface area contributed by atoms with Crippen LogP contribution in [0.4, 0.5) is 5.95 Å². The molecule has 2 rings (SSSR count). The number of furan rings is 1. The van der Waals surface area contributed by atoms with Gasteiger partial charge in [-0.2, -0.15) is 0 Å². The Kier molecular flexibility index (Phi) is 12.7. The second-order valence-electron chi connectivity index (χ2n) is 9.14. The molecule has 37 heavy (non-hydrogen) atoms. The van der Waals surface area contributed by atoms with Gasteiger partial charge in [0.05, 0.1) is 19.4 Å². The lowest BCUT2D eigenvalue weighted by molar-refractivity contribution is -0.170. The summed E-state index contributed by atoms with van der Waals surface area (Å²) in [4.78, 5) is 45.8. The number of carboxylic acid groups (broad SMARTS) is 3. The van der Waals surface area contributed by atoms with Gasteiger partial charge in [0.2, 0.25) is 5.95 Å². The second kappa shape index (κ2) is 14.9. The van der Waals surface area contributed by atoms with Crippen LogP contribution in [-0.2, 0) is 27.5 Å². The Hall–Kier alpha value is -3.55. The number of rotatable bonds is 14. The standard InChI is InChI=1S/C18H29N5O.C6H8O7/c1-15-7-8-17(24-15)14-23(10-6-9-21(2)3)13-16-11-19-18(20-12-16)22(4)5;7-3(8)1-6(13,5(11)12)2-4(9)10/h7-8,11-12H,6,9-10,13-14H2,1-5H3;13H,1-2H2,(H,7,8)(H,9,10)(H,11,12). The van der Waals surface area contributed by atoms with Crippen LogP contribution in [0.5, 0.6) is 0 Å². The highest BCUT2D eigenvalue weighted by Gasteiger charge is 2.40. The van der Waals surface area contributed by atoms with E-state index in [1.807, 2.05) is 44.4 Å². The van der Waals surface area contributed by atoms with Crippen molar-refractivity contribution in [3.63, 3.8) is 0 Å². The first-order valence-corrected chi connectivity index (χ1v) is 11.5. The number of hydrogen-bond acceptors (Lipinski definition) is 10. The van der Waals surface area contributed by atoms with Crippen molar-refractivity contribution < 1.29 is 39.2 Å². The van der Waals surface area contributed by atoms with Crippen LogP contribution in [0.25, 0.3) is 0 Å². The molecule has 2 aromatic rings. The SMILES string of the molecule is Cc1ccc(CN(CCCN(C)C)Cc2cnc(N(C)C)nc2)o1.O=C(O)CC(O)(CC(=O)O)C(=O)O.